The van der Waals surface area contributed by atoms with Crippen molar-refractivity contribution in [2.75, 3.05) is 13.1 Å². The molecule has 1 aromatic carbocycles. The number of hydrogen-bond donors (Lipinski definition) is 1. The van der Waals surface area contributed by atoms with Crippen LogP contribution in [0.25, 0.3) is 0 Å². The number of fused-ring (bicyclic) bond motifs is 2. The summed E-state index contributed by atoms with van der Waals surface area (Å²) in [5.74, 6) is -0.830. The van der Waals surface area contributed by atoms with Crippen LogP contribution in [0.4, 0.5) is 10.5 Å². The van der Waals surface area contributed by atoms with Crippen LogP contribution >= 0.6 is 0 Å². The van der Waals surface area contributed by atoms with Crippen LogP contribution in [0.5, 0.6) is 0 Å². The highest BCUT2D eigenvalue weighted by atomic mass is 32.2. The summed E-state index contributed by atoms with van der Waals surface area (Å²) < 4.78 is 33.2. The number of aliphatic imine (C=N–C) groups is 2. The summed E-state index contributed by atoms with van der Waals surface area (Å²) in [6, 6.07) is 7.22. The maximum atomic E-state index is 13.1. The van der Waals surface area contributed by atoms with Crippen LogP contribution in [0.2, 0.25) is 0 Å². The van der Waals surface area contributed by atoms with Gasteiger partial charge >= 0.3 is 6.09 Å². The molecule has 0 aliphatic carbocycles. The number of dihydropyridines is 1. The summed E-state index contributed by atoms with van der Waals surface area (Å²) in [5.41, 5.74) is 3.17. The number of piperidine rings is 1. The highest BCUT2D eigenvalue weighted by molar-refractivity contribution is 7.89. The van der Waals surface area contributed by atoms with Gasteiger partial charge < -0.3 is 9.64 Å². The number of hydrogen-bond acceptors (Lipinski definition) is 8. The maximum absolute atomic E-state index is 13.1. The molecule has 1 N–H and O–H groups in total. The molecule has 0 aromatic heterocycles. The van der Waals surface area contributed by atoms with Gasteiger partial charge in [-0.2, -0.15) is 9.57 Å². The summed E-state index contributed by atoms with van der Waals surface area (Å²) in [7, 11) is -3.62. The molecule has 5 rings (SSSR count). The Balaban J connectivity index is 1.45. The lowest BCUT2D eigenvalue weighted by Gasteiger charge is -2.47. The third kappa shape index (κ3) is 5.29. The number of hydrazine groups is 1. The second kappa shape index (κ2) is 10.2. The van der Waals surface area contributed by atoms with E-state index in [-0.39, 0.29) is 23.8 Å². The van der Waals surface area contributed by atoms with Crippen molar-refractivity contribution in [1.82, 2.24) is 19.6 Å². The van der Waals surface area contributed by atoms with Crippen LogP contribution < -0.4 is 5.43 Å². The molecule has 0 spiro atoms. The fourth-order valence-electron chi connectivity index (χ4n) is 5.84. The minimum atomic E-state index is -3.62. The van der Waals surface area contributed by atoms with Gasteiger partial charge in [0.15, 0.2) is 0 Å². The smallest absolute Gasteiger partial charge is 0.410 e. The van der Waals surface area contributed by atoms with E-state index >= 15 is 0 Å². The number of amidine groups is 1. The van der Waals surface area contributed by atoms with Crippen molar-refractivity contribution in [2.45, 2.75) is 88.9 Å². The minimum Gasteiger partial charge on any atom is -0.444 e. The second-order valence-electron chi connectivity index (χ2n) is 13.1. The number of allylic oxidation sites excluding steroid dienone is 1. The standard InChI is InChI=1S/C29H37N7O5S/c1-27(2,3)35-18-19-17-20(7-8-22(19)42(35,39)40)32-24-23-21(9-14-31-25(23)37)36(33-24)29(10-13-30)11-15-34(16-12-29)26(38)41-28(4,5)6/h7-9,14,17,23H,10-12,15-16,18H2,1-6H3,(H,32,33). The zero-order valence-electron chi connectivity index (χ0n) is 24.8. The Morgan fingerprint density at radius 2 is 1.90 bits per heavy atom. The van der Waals surface area contributed by atoms with Gasteiger partial charge in [0.2, 0.25) is 10.0 Å². The SMILES string of the molecule is CC(C)(C)OC(=O)N1CCC(CC#N)(N2NC(=Nc3ccc4c(c3)CN(C(C)(C)C)S4(=O)=O)C3C(=O)N=CC=C32)CC1. The lowest BCUT2D eigenvalue weighted by atomic mass is 9.83. The number of rotatable bonds is 3. The topological polar surface area (TPSA) is 148 Å². The van der Waals surface area contributed by atoms with E-state index < -0.39 is 38.7 Å². The van der Waals surface area contributed by atoms with E-state index in [9.17, 15) is 23.3 Å². The molecule has 0 bridgehead atoms. The predicted octanol–water partition coefficient (Wildman–Crippen LogP) is 3.63. The number of benzene rings is 1. The summed E-state index contributed by atoms with van der Waals surface area (Å²) in [6.07, 6.45) is 3.89. The number of nitrogens with one attached hydrogen (secondary N) is 1. The van der Waals surface area contributed by atoms with Crippen molar-refractivity contribution < 1.29 is 22.7 Å². The number of nitrogens with zero attached hydrogens (tertiary/aromatic N) is 6. The fourth-order valence-corrected chi connectivity index (χ4v) is 7.80. The van der Waals surface area contributed by atoms with Crippen LogP contribution in [-0.2, 0) is 26.1 Å². The van der Waals surface area contributed by atoms with Crippen LogP contribution in [0.1, 0.15) is 66.4 Å². The number of likely N-dealkylation sites (tertiary alicyclic amines) is 1. The molecular weight excluding hydrogens is 558 g/mol. The quantitative estimate of drug-likeness (QED) is 0.557. The Kier molecular flexibility index (Phi) is 7.22. The van der Waals surface area contributed by atoms with Crippen LogP contribution in [0, 0.1) is 17.2 Å². The lowest BCUT2D eigenvalue weighted by molar-refractivity contribution is -0.119. The number of amides is 2. The largest absolute Gasteiger partial charge is 0.444 e. The van der Waals surface area contributed by atoms with E-state index in [4.69, 9.17) is 9.73 Å². The zero-order chi connectivity index (χ0) is 30.7. The molecular formula is C29H37N7O5S. The first-order valence-electron chi connectivity index (χ1n) is 14.0. The van der Waals surface area contributed by atoms with Gasteiger partial charge in [0.05, 0.1) is 34.3 Å². The lowest BCUT2D eigenvalue weighted by Crippen LogP contribution is -2.58. The molecule has 1 unspecified atom stereocenters. The van der Waals surface area contributed by atoms with Gasteiger partial charge in [0, 0.05) is 31.4 Å². The van der Waals surface area contributed by atoms with Gasteiger partial charge in [-0.3, -0.25) is 15.2 Å². The first-order chi connectivity index (χ1) is 19.6. The van der Waals surface area contributed by atoms with Crippen molar-refractivity contribution in [2.24, 2.45) is 15.9 Å². The van der Waals surface area contributed by atoms with Crippen molar-refractivity contribution in [3.63, 3.8) is 0 Å². The van der Waals surface area contributed by atoms with Crippen molar-refractivity contribution in [1.29, 1.82) is 5.26 Å². The van der Waals surface area contributed by atoms with E-state index in [0.29, 0.717) is 48.7 Å². The van der Waals surface area contributed by atoms with Gasteiger partial charge in [0.25, 0.3) is 5.91 Å². The van der Waals surface area contributed by atoms with Gasteiger partial charge in [0.1, 0.15) is 17.4 Å². The molecule has 1 atom stereocenters. The molecule has 0 saturated carbocycles. The molecule has 42 heavy (non-hydrogen) atoms. The van der Waals surface area contributed by atoms with Gasteiger partial charge in [-0.25, -0.2) is 23.2 Å². The summed E-state index contributed by atoms with van der Waals surface area (Å²) in [5, 5.41) is 11.7. The molecule has 2 saturated heterocycles. The first kappa shape index (κ1) is 29.7. The molecule has 0 radical (unpaired) electrons. The van der Waals surface area contributed by atoms with E-state index in [1.54, 1.807) is 29.2 Å². The molecule has 2 amide bonds. The molecule has 2 fully saturated rings. The summed E-state index contributed by atoms with van der Waals surface area (Å²) in [6.45, 7) is 12.0. The zero-order valence-corrected chi connectivity index (χ0v) is 25.7. The average Bonchev–Trinajstić information content (AvgIpc) is 3.39. The number of ether oxygens (including phenoxy) is 1. The van der Waals surface area contributed by atoms with Crippen molar-refractivity contribution in [3.05, 3.63) is 35.5 Å². The molecule has 4 aliphatic heterocycles. The molecule has 224 valence electrons. The second-order valence-corrected chi connectivity index (χ2v) is 14.9. The average molecular weight is 596 g/mol. The molecule has 12 nitrogen and oxygen atoms in total. The normalized spacial score (nSPS) is 24.1. The predicted molar refractivity (Wildman–Crippen MR) is 156 cm³/mol. The van der Waals surface area contributed by atoms with E-state index in [0.717, 1.165) is 0 Å². The fraction of sp³-hybridized carbons (Fsp3) is 0.552. The summed E-state index contributed by atoms with van der Waals surface area (Å²) >= 11 is 0. The van der Waals surface area contributed by atoms with Gasteiger partial charge in [-0.05, 0) is 84.2 Å². The maximum Gasteiger partial charge on any atom is 0.410 e. The highest BCUT2D eigenvalue weighted by Gasteiger charge is 2.51. The Bertz CT molecular complexity index is 1550. The molecule has 13 heteroatoms. The van der Waals surface area contributed by atoms with Crippen LogP contribution in [0.3, 0.4) is 0 Å². The van der Waals surface area contributed by atoms with E-state index in [1.807, 2.05) is 46.6 Å². The van der Waals surface area contributed by atoms with Crippen LogP contribution in [0.15, 0.2) is 44.9 Å². The third-order valence-electron chi connectivity index (χ3n) is 7.90. The van der Waals surface area contributed by atoms with Crippen molar-refractivity contribution in [3.8, 4) is 6.07 Å². The van der Waals surface area contributed by atoms with Crippen LogP contribution in [-0.4, -0.2) is 76.5 Å². The number of carbonyl (C=O) groups excluding carboxylic acids is 2. The van der Waals surface area contributed by atoms with E-state index in [1.165, 1.54) is 10.5 Å². The minimum absolute atomic E-state index is 0.157. The van der Waals surface area contributed by atoms with Crippen molar-refractivity contribution >= 4 is 39.8 Å². The van der Waals surface area contributed by atoms with Gasteiger partial charge in [-0.15, -0.1) is 0 Å². The molecule has 4 aliphatic rings. The Labute approximate surface area is 246 Å². The number of carbonyl (C=O) groups is 2. The Morgan fingerprint density at radius 1 is 1.21 bits per heavy atom. The molecule has 1 aromatic rings. The summed E-state index contributed by atoms with van der Waals surface area (Å²) in [4.78, 5) is 36.4. The highest BCUT2D eigenvalue weighted by Crippen LogP contribution is 2.41. The Hall–Kier alpha value is -3.76. The van der Waals surface area contributed by atoms with E-state index in [2.05, 4.69) is 16.5 Å². The number of nitriles is 1. The monoisotopic (exact) mass is 595 g/mol. The molecule has 4 heterocycles. The number of sulfonamides is 1. The Morgan fingerprint density at radius 3 is 2.52 bits per heavy atom. The van der Waals surface area contributed by atoms with Gasteiger partial charge in [-0.1, -0.05) is 0 Å². The first-order valence-corrected chi connectivity index (χ1v) is 15.4. The third-order valence-corrected chi connectivity index (χ3v) is 10.1.